The van der Waals surface area contributed by atoms with Crippen molar-refractivity contribution in [1.29, 1.82) is 0 Å². The minimum absolute atomic E-state index is 0.225. The van der Waals surface area contributed by atoms with Gasteiger partial charge < -0.3 is 5.11 Å². The van der Waals surface area contributed by atoms with E-state index in [2.05, 4.69) is 10.2 Å². The predicted molar refractivity (Wildman–Crippen MR) is 108 cm³/mol. The van der Waals surface area contributed by atoms with Crippen LogP contribution in [-0.2, 0) is 6.54 Å². The monoisotopic (exact) mass is 388 g/mol. The molecule has 28 heavy (non-hydrogen) atoms. The van der Waals surface area contributed by atoms with Gasteiger partial charge in [-0.15, -0.1) is 11.3 Å². The Labute approximate surface area is 165 Å². The highest BCUT2D eigenvalue weighted by Gasteiger charge is 2.13. The highest BCUT2D eigenvalue weighted by Crippen LogP contribution is 2.28. The molecule has 0 saturated carbocycles. The molecular formula is C21H16N4O2S. The lowest BCUT2D eigenvalue weighted by molar-refractivity contribution is 0.0697. The van der Waals surface area contributed by atoms with Crippen molar-refractivity contribution >= 4 is 23.0 Å². The zero-order valence-corrected chi connectivity index (χ0v) is 15.6. The van der Waals surface area contributed by atoms with Gasteiger partial charge in [-0.25, -0.2) is 9.48 Å². The van der Waals surface area contributed by atoms with Crippen molar-refractivity contribution in [3.05, 3.63) is 89.4 Å². The largest absolute Gasteiger partial charge is 0.478 e. The summed E-state index contributed by atoms with van der Waals surface area (Å²) in [5.41, 5.74) is 3.67. The van der Waals surface area contributed by atoms with E-state index in [-0.39, 0.29) is 5.56 Å². The summed E-state index contributed by atoms with van der Waals surface area (Å²) < 4.78 is 1.85. The van der Waals surface area contributed by atoms with Gasteiger partial charge in [0.2, 0.25) is 0 Å². The summed E-state index contributed by atoms with van der Waals surface area (Å²) in [4.78, 5) is 12.0. The van der Waals surface area contributed by atoms with E-state index < -0.39 is 5.97 Å². The zero-order valence-electron chi connectivity index (χ0n) is 14.8. The zero-order chi connectivity index (χ0) is 19.3. The Morgan fingerprint density at radius 2 is 1.82 bits per heavy atom. The lowest BCUT2D eigenvalue weighted by atomic mass is 10.2. The number of hydrogen-bond donors (Lipinski definition) is 1. The van der Waals surface area contributed by atoms with Crippen molar-refractivity contribution in [2.45, 2.75) is 6.54 Å². The second-order valence-electron chi connectivity index (χ2n) is 6.01. The van der Waals surface area contributed by atoms with E-state index in [9.17, 15) is 4.79 Å². The number of carboxylic acids is 1. The van der Waals surface area contributed by atoms with Crippen LogP contribution in [0.15, 0.2) is 88.5 Å². The first-order valence-corrected chi connectivity index (χ1v) is 9.47. The molecule has 0 fully saturated rings. The summed E-state index contributed by atoms with van der Waals surface area (Å²) in [6.45, 7) is 0.376. The van der Waals surface area contributed by atoms with Crippen molar-refractivity contribution in [2.75, 3.05) is 0 Å². The second kappa shape index (κ2) is 7.98. The van der Waals surface area contributed by atoms with Crippen LogP contribution in [0.4, 0.5) is 5.69 Å². The molecular weight excluding hydrogens is 372 g/mol. The Morgan fingerprint density at radius 3 is 2.50 bits per heavy atom. The Bertz CT molecular complexity index is 1100. The van der Waals surface area contributed by atoms with E-state index in [0.717, 1.165) is 21.8 Å². The lowest BCUT2D eigenvalue weighted by Crippen LogP contribution is -1.94. The number of rotatable bonds is 6. The maximum absolute atomic E-state index is 10.9. The first-order valence-electron chi connectivity index (χ1n) is 8.59. The molecule has 0 spiro atoms. The lowest BCUT2D eigenvalue weighted by Gasteiger charge is -1.99. The number of benzene rings is 2. The molecule has 0 radical (unpaired) electrons. The van der Waals surface area contributed by atoms with Crippen LogP contribution in [0.3, 0.4) is 0 Å². The third-order valence-corrected chi connectivity index (χ3v) is 4.98. The number of nitrogens with zero attached hydrogens (tertiary/aromatic N) is 4. The predicted octanol–water partition coefficient (Wildman–Crippen LogP) is 5.58. The van der Waals surface area contributed by atoms with Gasteiger partial charge in [0.05, 0.1) is 28.4 Å². The van der Waals surface area contributed by atoms with Crippen LogP contribution in [0.25, 0.3) is 16.3 Å². The molecule has 4 rings (SSSR count). The third-order valence-electron chi connectivity index (χ3n) is 4.11. The molecule has 6 nitrogen and oxygen atoms in total. The van der Waals surface area contributed by atoms with E-state index in [4.69, 9.17) is 10.2 Å². The van der Waals surface area contributed by atoms with E-state index in [1.165, 1.54) is 12.1 Å². The van der Waals surface area contributed by atoms with Crippen LogP contribution < -0.4 is 0 Å². The fraction of sp³-hybridized carbons (Fsp3) is 0.0476. The molecule has 138 valence electrons. The topological polar surface area (TPSA) is 79.8 Å². The fourth-order valence-corrected chi connectivity index (χ4v) is 3.47. The SMILES string of the molecule is O=C(O)c1ccc(N=NCc2cn(-c3ccccc3)nc2-c2cccs2)cc1. The van der Waals surface area contributed by atoms with Crippen molar-refractivity contribution < 1.29 is 9.90 Å². The number of thiophene rings is 1. The number of para-hydroxylation sites is 1. The normalized spacial score (nSPS) is 11.1. The quantitative estimate of drug-likeness (QED) is 0.438. The highest BCUT2D eigenvalue weighted by molar-refractivity contribution is 7.13. The van der Waals surface area contributed by atoms with Crippen LogP contribution in [0.5, 0.6) is 0 Å². The first-order chi connectivity index (χ1) is 13.7. The Morgan fingerprint density at radius 1 is 1.04 bits per heavy atom. The number of aromatic nitrogens is 2. The summed E-state index contributed by atoms with van der Waals surface area (Å²) >= 11 is 1.63. The third kappa shape index (κ3) is 3.89. The minimum Gasteiger partial charge on any atom is -0.478 e. The average molecular weight is 388 g/mol. The second-order valence-corrected chi connectivity index (χ2v) is 6.96. The van der Waals surface area contributed by atoms with Gasteiger partial charge in [0, 0.05) is 11.8 Å². The molecule has 0 unspecified atom stereocenters. The van der Waals surface area contributed by atoms with Crippen LogP contribution >= 0.6 is 11.3 Å². The maximum atomic E-state index is 10.9. The molecule has 1 N–H and O–H groups in total. The summed E-state index contributed by atoms with van der Waals surface area (Å²) in [5, 5.41) is 24.2. The van der Waals surface area contributed by atoms with Gasteiger partial charge in [0.1, 0.15) is 5.69 Å². The smallest absolute Gasteiger partial charge is 0.335 e. The fourth-order valence-electron chi connectivity index (χ4n) is 2.72. The molecule has 0 bridgehead atoms. The summed E-state index contributed by atoms with van der Waals surface area (Å²) in [6, 6.07) is 20.3. The van der Waals surface area contributed by atoms with Crippen molar-refractivity contribution in [1.82, 2.24) is 9.78 Å². The molecule has 2 heterocycles. The number of hydrogen-bond acceptors (Lipinski definition) is 5. The van der Waals surface area contributed by atoms with Crippen LogP contribution in [0, 0.1) is 0 Å². The summed E-state index contributed by atoms with van der Waals surface area (Å²) in [6.07, 6.45) is 1.97. The molecule has 0 amide bonds. The van der Waals surface area contributed by atoms with Gasteiger partial charge in [0.25, 0.3) is 0 Å². The van der Waals surface area contributed by atoms with Gasteiger partial charge in [0.15, 0.2) is 0 Å². The number of carbonyl (C=O) groups is 1. The molecule has 2 aromatic heterocycles. The molecule has 2 aromatic carbocycles. The van der Waals surface area contributed by atoms with Crippen LogP contribution in [-0.4, -0.2) is 20.9 Å². The van der Waals surface area contributed by atoms with Gasteiger partial charge >= 0.3 is 5.97 Å². The Hall–Kier alpha value is -3.58. The minimum atomic E-state index is -0.961. The van der Waals surface area contributed by atoms with Gasteiger partial charge in [-0.1, -0.05) is 24.3 Å². The molecule has 7 heteroatoms. The molecule has 4 aromatic rings. The van der Waals surface area contributed by atoms with E-state index in [0.29, 0.717) is 12.2 Å². The molecule has 0 atom stereocenters. The van der Waals surface area contributed by atoms with Crippen LogP contribution in [0.2, 0.25) is 0 Å². The van der Waals surface area contributed by atoms with Crippen molar-refractivity contribution in [2.24, 2.45) is 10.2 Å². The molecule has 0 aliphatic rings. The molecule has 0 saturated heterocycles. The Balaban J connectivity index is 1.59. The van der Waals surface area contributed by atoms with Crippen molar-refractivity contribution in [3.8, 4) is 16.3 Å². The highest BCUT2D eigenvalue weighted by atomic mass is 32.1. The molecule has 0 aliphatic carbocycles. The average Bonchev–Trinajstić information content (AvgIpc) is 3.39. The van der Waals surface area contributed by atoms with E-state index in [1.54, 1.807) is 23.5 Å². The van der Waals surface area contributed by atoms with Gasteiger partial charge in [-0.2, -0.15) is 15.3 Å². The molecule has 0 aliphatic heterocycles. The van der Waals surface area contributed by atoms with E-state index >= 15 is 0 Å². The summed E-state index contributed by atoms with van der Waals surface area (Å²) in [7, 11) is 0. The van der Waals surface area contributed by atoms with E-state index in [1.807, 2.05) is 58.7 Å². The maximum Gasteiger partial charge on any atom is 0.335 e. The summed E-state index contributed by atoms with van der Waals surface area (Å²) in [5.74, 6) is -0.961. The number of carboxylic acid groups (broad SMARTS) is 1. The first kappa shape index (κ1) is 17.8. The Kier molecular flexibility index (Phi) is 5.07. The standard InChI is InChI=1S/C21H16N4O2S/c26-21(27)15-8-10-17(11-9-15)23-22-13-16-14-25(18-5-2-1-3-6-18)24-20(16)19-7-4-12-28-19/h1-12,14H,13H2,(H,26,27). The van der Waals surface area contributed by atoms with Crippen molar-refractivity contribution in [3.63, 3.8) is 0 Å². The van der Waals surface area contributed by atoms with Gasteiger partial charge in [-0.05, 0) is 47.8 Å². The van der Waals surface area contributed by atoms with Gasteiger partial charge in [-0.3, -0.25) is 0 Å². The number of aromatic carboxylic acids is 1. The number of azo groups is 1. The van der Waals surface area contributed by atoms with Crippen LogP contribution in [0.1, 0.15) is 15.9 Å².